The van der Waals surface area contributed by atoms with Crippen molar-refractivity contribution in [2.45, 2.75) is 11.9 Å². The van der Waals surface area contributed by atoms with Gasteiger partial charge in [0.1, 0.15) is 12.4 Å². The van der Waals surface area contributed by atoms with E-state index >= 15 is 0 Å². The van der Waals surface area contributed by atoms with Gasteiger partial charge in [-0.3, -0.25) is 9.78 Å². The molecule has 0 bridgehead atoms. The van der Waals surface area contributed by atoms with E-state index in [4.69, 9.17) is 0 Å². The summed E-state index contributed by atoms with van der Waals surface area (Å²) in [6, 6.07) is 13.8. The monoisotopic (exact) mass is 452 g/mol. The van der Waals surface area contributed by atoms with Gasteiger partial charge in [0.25, 0.3) is 5.91 Å². The Hall–Kier alpha value is -3.27. The van der Waals surface area contributed by atoms with Gasteiger partial charge < -0.3 is 0 Å². The lowest BCUT2D eigenvalue weighted by Crippen LogP contribution is -2.44. The minimum Gasteiger partial charge on any atom is -0.268 e. The summed E-state index contributed by atoms with van der Waals surface area (Å²) in [4.78, 5) is 16.6. The first-order valence-corrected chi connectivity index (χ1v) is 10.5. The normalized spacial score (nSPS) is 11.9. The van der Waals surface area contributed by atoms with E-state index in [0.717, 1.165) is 12.1 Å². The van der Waals surface area contributed by atoms with Crippen LogP contribution < -0.4 is 0 Å². The van der Waals surface area contributed by atoms with Crippen LogP contribution in [0.5, 0.6) is 0 Å². The molecule has 0 N–H and O–H groups in total. The van der Waals surface area contributed by atoms with Crippen LogP contribution in [0.4, 0.5) is 17.6 Å². The van der Waals surface area contributed by atoms with Crippen LogP contribution in [0.15, 0.2) is 73.1 Å². The summed E-state index contributed by atoms with van der Waals surface area (Å²) in [5, 5.41) is 0. The molecule has 1 aromatic heterocycles. The van der Waals surface area contributed by atoms with Crippen LogP contribution in [0.1, 0.15) is 15.9 Å². The summed E-state index contributed by atoms with van der Waals surface area (Å²) in [5.74, 6) is -3.57. The number of hydrogen-bond donors (Lipinski definition) is 0. The Morgan fingerprint density at radius 1 is 0.935 bits per heavy atom. The zero-order valence-corrected chi connectivity index (χ0v) is 16.7. The van der Waals surface area contributed by atoms with Crippen LogP contribution in [0.25, 0.3) is 11.1 Å². The van der Waals surface area contributed by atoms with Crippen molar-refractivity contribution in [2.24, 2.45) is 0 Å². The Kier molecular flexibility index (Phi) is 6.40. The number of sulfonamides is 1. The SMILES string of the molecule is O=C(c1ccc(-c2ccncc2)cc1F)N(CC(F)(F)F)S(=O)(=O)Cc1ccccc1. The maximum Gasteiger partial charge on any atom is 0.407 e. The Balaban J connectivity index is 1.97. The van der Waals surface area contributed by atoms with Crippen molar-refractivity contribution in [3.63, 3.8) is 0 Å². The van der Waals surface area contributed by atoms with Gasteiger partial charge in [-0.15, -0.1) is 0 Å². The zero-order chi connectivity index (χ0) is 22.6. The number of hydrogen-bond acceptors (Lipinski definition) is 4. The second kappa shape index (κ2) is 8.84. The highest BCUT2D eigenvalue weighted by molar-refractivity contribution is 7.88. The second-order valence-electron chi connectivity index (χ2n) is 6.60. The zero-order valence-electron chi connectivity index (χ0n) is 15.9. The van der Waals surface area contributed by atoms with Crippen LogP contribution in [-0.4, -0.2) is 36.3 Å². The summed E-state index contributed by atoms with van der Waals surface area (Å²) in [5.41, 5.74) is 0.331. The van der Waals surface area contributed by atoms with Crippen molar-refractivity contribution in [2.75, 3.05) is 6.54 Å². The molecule has 0 unspecified atom stereocenters. The summed E-state index contributed by atoms with van der Waals surface area (Å²) in [6.07, 6.45) is -2.08. The van der Waals surface area contributed by atoms with E-state index in [1.807, 2.05) is 0 Å². The molecular weight excluding hydrogens is 436 g/mol. The molecule has 0 saturated heterocycles. The predicted molar refractivity (Wildman–Crippen MR) is 106 cm³/mol. The highest BCUT2D eigenvalue weighted by Crippen LogP contribution is 2.26. The Bertz CT molecular complexity index is 1170. The fourth-order valence-corrected chi connectivity index (χ4v) is 4.33. The Labute approximate surface area is 176 Å². The molecule has 5 nitrogen and oxygen atoms in total. The standard InChI is InChI=1S/C21H16F4N2O3S/c22-19-12-17(16-8-10-26-11-9-16)6-7-18(19)20(28)27(14-21(23,24)25)31(29,30)13-15-4-2-1-3-5-15/h1-12H,13-14H2. The number of nitrogens with zero attached hydrogens (tertiary/aromatic N) is 2. The first-order chi connectivity index (χ1) is 14.6. The topological polar surface area (TPSA) is 67.3 Å². The summed E-state index contributed by atoms with van der Waals surface area (Å²) in [7, 11) is -4.75. The molecule has 3 aromatic rings. The average Bonchev–Trinajstić information content (AvgIpc) is 2.72. The molecule has 0 saturated carbocycles. The van der Waals surface area contributed by atoms with Crippen LogP contribution >= 0.6 is 0 Å². The lowest BCUT2D eigenvalue weighted by Gasteiger charge is -2.24. The number of pyridine rings is 1. The predicted octanol–water partition coefficient (Wildman–Crippen LogP) is 4.42. The fraction of sp³-hybridized carbons (Fsp3) is 0.143. The third-order valence-corrected chi connectivity index (χ3v) is 5.95. The van der Waals surface area contributed by atoms with Gasteiger partial charge in [-0.25, -0.2) is 17.1 Å². The minimum atomic E-state index is -5.01. The highest BCUT2D eigenvalue weighted by atomic mass is 32.2. The largest absolute Gasteiger partial charge is 0.407 e. The number of halogens is 4. The van der Waals surface area contributed by atoms with Gasteiger partial charge in [0, 0.05) is 12.4 Å². The number of carbonyl (C=O) groups excluding carboxylic acids is 1. The van der Waals surface area contributed by atoms with Crippen molar-refractivity contribution in [1.29, 1.82) is 0 Å². The van der Waals surface area contributed by atoms with Crippen LogP contribution in [0.2, 0.25) is 0 Å². The molecule has 0 atom stereocenters. The van der Waals surface area contributed by atoms with Crippen molar-refractivity contribution in [1.82, 2.24) is 9.29 Å². The van der Waals surface area contributed by atoms with E-state index in [9.17, 15) is 30.8 Å². The number of aromatic nitrogens is 1. The van der Waals surface area contributed by atoms with E-state index in [1.54, 1.807) is 18.2 Å². The van der Waals surface area contributed by atoms with Gasteiger partial charge in [0.2, 0.25) is 10.0 Å². The number of rotatable bonds is 6. The molecule has 0 spiro atoms. The van der Waals surface area contributed by atoms with Crippen molar-refractivity contribution in [3.05, 3.63) is 90.0 Å². The van der Waals surface area contributed by atoms with Gasteiger partial charge >= 0.3 is 6.18 Å². The molecule has 10 heteroatoms. The average molecular weight is 452 g/mol. The summed E-state index contributed by atoms with van der Waals surface area (Å²) in [6.45, 7) is -2.06. The lowest BCUT2D eigenvalue weighted by molar-refractivity contribution is -0.132. The van der Waals surface area contributed by atoms with E-state index in [0.29, 0.717) is 11.1 Å². The maximum absolute atomic E-state index is 14.7. The molecule has 3 rings (SSSR count). The van der Waals surface area contributed by atoms with Crippen LogP contribution in [0.3, 0.4) is 0 Å². The van der Waals surface area contributed by atoms with Crippen molar-refractivity contribution in [3.8, 4) is 11.1 Å². The summed E-state index contributed by atoms with van der Waals surface area (Å²) >= 11 is 0. The maximum atomic E-state index is 14.7. The smallest absolute Gasteiger partial charge is 0.268 e. The molecule has 0 aliphatic heterocycles. The first kappa shape index (κ1) is 22.4. The summed E-state index contributed by atoms with van der Waals surface area (Å²) < 4.78 is 78.9. The molecule has 0 fully saturated rings. The number of amides is 1. The van der Waals surface area contributed by atoms with Gasteiger partial charge in [0.05, 0.1) is 11.3 Å². The number of benzene rings is 2. The fourth-order valence-electron chi connectivity index (χ4n) is 2.87. The molecule has 1 heterocycles. The Morgan fingerprint density at radius 2 is 1.58 bits per heavy atom. The van der Waals surface area contributed by atoms with E-state index in [-0.39, 0.29) is 9.87 Å². The van der Waals surface area contributed by atoms with E-state index in [2.05, 4.69) is 4.98 Å². The molecular formula is C21H16F4N2O3S. The first-order valence-electron chi connectivity index (χ1n) is 8.92. The molecule has 31 heavy (non-hydrogen) atoms. The third kappa shape index (κ3) is 5.66. The molecule has 0 aliphatic carbocycles. The number of carbonyl (C=O) groups is 1. The van der Waals surface area contributed by atoms with Crippen LogP contribution in [-0.2, 0) is 15.8 Å². The molecule has 0 radical (unpaired) electrons. The quantitative estimate of drug-likeness (QED) is 0.520. The van der Waals surface area contributed by atoms with E-state index < -0.39 is 45.8 Å². The van der Waals surface area contributed by atoms with Crippen molar-refractivity contribution < 1.29 is 30.8 Å². The van der Waals surface area contributed by atoms with Gasteiger partial charge in [-0.1, -0.05) is 36.4 Å². The molecule has 0 aliphatic rings. The Morgan fingerprint density at radius 3 is 2.16 bits per heavy atom. The van der Waals surface area contributed by atoms with Crippen molar-refractivity contribution >= 4 is 15.9 Å². The second-order valence-corrected chi connectivity index (χ2v) is 8.49. The van der Waals surface area contributed by atoms with Gasteiger partial charge in [-0.2, -0.15) is 13.2 Å². The highest BCUT2D eigenvalue weighted by Gasteiger charge is 2.40. The number of alkyl halides is 3. The van der Waals surface area contributed by atoms with Crippen LogP contribution in [0, 0.1) is 5.82 Å². The minimum absolute atomic E-state index is 0.191. The third-order valence-electron chi connectivity index (χ3n) is 4.29. The lowest BCUT2D eigenvalue weighted by atomic mass is 10.0. The van der Waals surface area contributed by atoms with E-state index in [1.165, 1.54) is 42.7 Å². The van der Waals surface area contributed by atoms with Gasteiger partial charge in [-0.05, 0) is 41.0 Å². The molecule has 2 aromatic carbocycles. The van der Waals surface area contributed by atoms with Gasteiger partial charge in [0.15, 0.2) is 0 Å². The molecule has 1 amide bonds. The molecule has 162 valence electrons.